The van der Waals surface area contributed by atoms with Gasteiger partial charge in [-0.3, -0.25) is 0 Å². The van der Waals surface area contributed by atoms with E-state index >= 15 is 0 Å². The first-order valence-electron chi connectivity index (χ1n) is 5.31. The number of nitrogens with one attached hydrogen (secondary N) is 1. The summed E-state index contributed by atoms with van der Waals surface area (Å²) in [5.41, 5.74) is 0.890. The highest BCUT2D eigenvalue weighted by molar-refractivity contribution is 5.31. The van der Waals surface area contributed by atoms with Gasteiger partial charge in [-0.15, -0.1) is 0 Å². The van der Waals surface area contributed by atoms with Gasteiger partial charge in [0.05, 0.1) is 12.3 Å². The quantitative estimate of drug-likeness (QED) is 0.827. The minimum atomic E-state index is 0.134. The molecule has 2 N–H and O–H groups in total. The first-order valence-corrected chi connectivity index (χ1v) is 5.31. The number of hydrogen-bond donors (Lipinski definition) is 2. The van der Waals surface area contributed by atoms with Crippen molar-refractivity contribution in [2.45, 2.75) is 19.5 Å². The SMILES string of the molecule is CC(NCc1ccccc1O)c1ccco1. The van der Waals surface area contributed by atoms with Crippen LogP contribution in [0, 0.1) is 0 Å². The Kier molecular flexibility index (Phi) is 3.27. The van der Waals surface area contributed by atoms with Crippen LogP contribution in [-0.2, 0) is 6.54 Å². The molecule has 0 aliphatic heterocycles. The Labute approximate surface area is 94.7 Å². The molecule has 0 bridgehead atoms. The molecule has 3 nitrogen and oxygen atoms in total. The van der Waals surface area contributed by atoms with Gasteiger partial charge in [-0.25, -0.2) is 0 Å². The largest absolute Gasteiger partial charge is 0.508 e. The highest BCUT2D eigenvalue weighted by atomic mass is 16.3. The molecule has 1 aromatic carbocycles. The van der Waals surface area contributed by atoms with Crippen LogP contribution in [0.15, 0.2) is 47.1 Å². The molecule has 0 spiro atoms. The highest BCUT2D eigenvalue weighted by Gasteiger charge is 2.08. The lowest BCUT2D eigenvalue weighted by Crippen LogP contribution is -2.17. The molecule has 0 aliphatic carbocycles. The van der Waals surface area contributed by atoms with Crippen molar-refractivity contribution in [1.82, 2.24) is 5.32 Å². The summed E-state index contributed by atoms with van der Waals surface area (Å²) in [5.74, 6) is 1.22. The van der Waals surface area contributed by atoms with E-state index in [0.717, 1.165) is 11.3 Å². The van der Waals surface area contributed by atoms with E-state index < -0.39 is 0 Å². The fourth-order valence-corrected chi connectivity index (χ4v) is 1.56. The van der Waals surface area contributed by atoms with Gasteiger partial charge < -0.3 is 14.8 Å². The molecule has 1 heterocycles. The van der Waals surface area contributed by atoms with Gasteiger partial charge in [0.25, 0.3) is 0 Å². The van der Waals surface area contributed by atoms with Crippen LogP contribution in [0.4, 0.5) is 0 Å². The molecule has 0 saturated heterocycles. The predicted molar refractivity (Wildman–Crippen MR) is 62.1 cm³/mol. The molecular formula is C13H15NO2. The smallest absolute Gasteiger partial charge is 0.120 e. The number of para-hydroxylation sites is 1. The van der Waals surface area contributed by atoms with Crippen molar-refractivity contribution in [3.8, 4) is 5.75 Å². The summed E-state index contributed by atoms with van der Waals surface area (Å²) in [5, 5.41) is 12.9. The molecule has 0 saturated carbocycles. The minimum Gasteiger partial charge on any atom is -0.508 e. The lowest BCUT2D eigenvalue weighted by atomic mass is 10.2. The van der Waals surface area contributed by atoms with Crippen molar-refractivity contribution in [1.29, 1.82) is 0 Å². The van der Waals surface area contributed by atoms with Crippen LogP contribution in [-0.4, -0.2) is 5.11 Å². The van der Waals surface area contributed by atoms with E-state index in [-0.39, 0.29) is 6.04 Å². The third-order valence-corrected chi connectivity index (χ3v) is 2.56. The summed E-state index contributed by atoms with van der Waals surface area (Å²) < 4.78 is 5.29. The van der Waals surface area contributed by atoms with E-state index in [1.54, 1.807) is 12.3 Å². The van der Waals surface area contributed by atoms with E-state index in [9.17, 15) is 5.11 Å². The van der Waals surface area contributed by atoms with Crippen LogP contribution in [0.3, 0.4) is 0 Å². The molecule has 2 rings (SSSR count). The lowest BCUT2D eigenvalue weighted by molar-refractivity contribution is 0.422. The second kappa shape index (κ2) is 4.86. The summed E-state index contributed by atoms with van der Waals surface area (Å²) in [7, 11) is 0. The van der Waals surface area contributed by atoms with Gasteiger partial charge in [-0.2, -0.15) is 0 Å². The third kappa shape index (κ3) is 2.44. The van der Waals surface area contributed by atoms with E-state index in [1.807, 2.05) is 37.3 Å². The standard InChI is InChI=1S/C13H15NO2/c1-10(13-7-4-8-16-13)14-9-11-5-2-3-6-12(11)15/h2-8,10,14-15H,9H2,1H3. The molecule has 16 heavy (non-hydrogen) atoms. The highest BCUT2D eigenvalue weighted by Crippen LogP contribution is 2.18. The summed E-state index contributed by atoms with van der Waals surface area (Å²) in [6, 6.07) is 11.2. The number of benzene rings is 1. The Hall–Kier alpha value is -1.74. The van der Waals surface area contributed by atoms with Gasteiger partial charge in [0.1, 0.15) is 11.5 Å². The zero-order valence-electron chi connectivity index (χ0n) is 9.18. The molecular weight excluding hydrogens is 202 g/mol. The molecule has 1 unspecified atom stereocenters. The number of hydrogen-bond acceptors (Lipinski definition) is 3. The van der Waals surface area contributed by atoms with Crippen LogP contribution in [0.2, 0.25) is 0 Å². The third-order valence-electron chi connectivity index (χ3n) is 2.56. The average molecular weight is 217 g/mol. The summed E-state index contributed by atoms with van der Waals surface area (Å²) in [4.78, 5) is 0. The van der Waals surface area contributed by atoms with Gasteiger partial charge in [-0.05, 0) is 25.1 Å². The molecule has 1 atom stereocenters. The Balaban J connectivity index is 1.95. The molecule has 3 heteroatoms. The summed E-state index contributed by atoms with van der Waals surface area (Å²) in [6.07, 6.45) is 1.66. The second-order valence-corrected chi connectivity index (χ2v) is 3.75. The van der Waals surface area contributed by atoms with Crippen molar-refractivity contribution < 1.29 is 9.52 Å². The Morgan fingerprint density at radius 3 is 2.75 bits per heavy atom. The van der Waals surface area contributed by atoms with Crippen LogP contribution in [0.5, 0.6) is 5.75 Å². The number of rotatable bonds is 4. The first-order chi connectivity index (χ1) is 7.77. The van der Waals surface area contributed by atoms with Crippen LogP contribution >= 0.6 is 0 Å². The van der Waals surface area contributed by atoms with Gasteiger partial charge in [-0.1, -0.05) is 18.2 Å². The first kappa shape index (κ1) is 10.8. The Bertz CT molecular complexity index is 437. The van der Waals surface area contributed by atoms with Crippen molar-refractivity contribution >= 4 is 0 Å². The van der Waals surface area contributed by atoms with E-state index in [0.29, 0.717) is 12.3 Å². The average Bonchev–Trinajstić information content (AvgIpc) is 2.81. The van der Waals surface area contributed by atoms with Gasteiger partial charge in [0.15, 0.2) is 0 Å². The van der Waals surface area contributed by atoms with Crippen LogP contribution in [0.25, 0.3) is 0 Å². The molecule has 1 aromatic heterocycles. The van der Waals surface area contributed by atoms with Crippen molar-refractivity contribution in [2.75, 3.05) is 0 Å². The Morgan fingerprint density at radius 2 is 2.06 bits per heavy atom. The van der Waals surface area contributed by atoms with E-state index in [2.05, 4.69) is 5.32 Å². The van der Waals surface area contributed by atoms with Crippen LogP contribution in [0.1, 0.15) is 24.3 Å². The number of phenols is 1. The van der Waals surface area contributed by atoms with Gasteiger partial charge in [0, 0.05) is 12.1 Å². The molecule has 0 radical (unpaired) electrons. The lowest BCUT2D eigenvalue weighted by Gasteiger charge is -2.11. The zero-order chi connectivity index (χ0) is 11.4. The van der Waals surface area contributed by atoms with Crippen molar-refractivity contribution in [3.05, 3.63) is 54.0 Å². The normalized spacial score (nSPS) is 12.6. The zero-order valence-corrected chi connectivity index (χ0v) is 9.18. The van der Waals surface area contributed by atoms with Gasteiger partial charge in [0.2, 0.25) is 0 Å². The number of aromatic hydroxyl groups is 1. The maximum absolute atomic E-state index is 9.59. The van der Waals surface area contributed by atoms with E-state index in [1.165, 1.54) is 0 Å². The van der Waals surface area contributed by atoms with Crippen molar-refractivity contribution in [3.63, 3.8) is 0 Å². The van der Waals surface area contributed by atoms with Gasteiger partial charge >= 0.3 is 0 Å². The van der Waals surface area contributed by atoms with Crippen molar-refractivity contribution in [2.24, 2.45) is 0 Å². The fraction of sp³-hybridized carbons (Fsp3) is 0.231. The number of phenolic OH excluding ortho intramolecular Hbond substituents is 1. The molecule has 84 valence electrons. The van der Waals surface area contributed by atoms with Crippen LogP contribution < -0.4 is 5.32 Å². The Morgan fingerprint density at radius 1 is 1.25 bits per heavy atom. The monoisotopic (exact) mass is 217 g/mol. The molecule has 0 fully saturated rings. The minimum absolute atomic E-state index is 0.134. The molecule has 0 amide bonds. The predicted octanol–water partition coefficient (Wildman–Crippen LogP) is 2.84. The maximum Gasteiger partial charge on any atom is 0.120 e. The maximum atomic E-state index is 9.59. The fourth-order valence-electron chi connectivity index (χ4n) is 1.56. The van der Waals surface area contributed by atoms with E-state index in [4.69, 9.17) is 4.42 Å². The molecule has 2 aromatic rings. The summed E-state index contributed by atoms with van der Waals surface area (Å²) >= 11 is 0. The summed E-state index contributed by atoms with van der Waals surface area (Å²) in [6.45, 7) is 2.65. The second-order valence-electron chi connectivity index (χ2n) is 3.75. The topological polar surface area (TPSA) is 45.4 Å². The molecule has 0 aliphatic rings. The number of furan rings is 1.